The maximum Gasteiger partial charge on any atom is 0.475 e. The first-order valence-electron chi connectivity index (χ1n) is 26.7. The zero-order valence-corrected chi connectivity index (χ0v) is 44.7. The number of fused-ring (bicyclic) bond motifs is 2. The van der Waals surface area contributed by atoms with E-state index in [4.69, 9.17) is 44.0 Å². The summed E-state index contributed by atoms with van der Waals surface area (Å²) in [5.41, 5.74) is 8.25. The van der Waals surface area contributed by atoms with Gasteiger partial charge in [0, 0.05) is 6.61 Å². The van der Waals surface area contributed by atoms with Crippen molar-refractivity contribution < 1.29 is 61.9 Å². The van der Waals surface area contributed by atoms with Crippen LogP contribution in [0.3, 0.4) is 0 Å². The van der Waals surface area contributed by atoms with Crippen LogP contribution in [0.1, 0.15) is 132 Å². The molecule has 2 aliphatic rings. The van der Waals surface area contributed by atoms with E-state index < -0.39 is 87.4 Å². The minimum Gasteiger partial charge on any atom is -0.387 e. The van der Waals surface area contributed by atoms with Gasteiger partial charge in [0.2, 0.25) is 11.2 Å². The maximum absolute atomic E-state index is 14.9. The Kier molecular flexibility index (Phi) is 21.8. The van der Waals surface area contributed by atoms with E-state index in [9.17, 15) is 45.2 Å². The number of unbranched alkanes of at least 4 members (excludes halogenated alkanes) is 15. The van der Waals surface area contributed by atoms with Crippen LogP contribution in [0.4, 0.5) is 16.0 Å². The Bertz CT molecular complexity index is 2780. The Balaban J connectivity index is 1.02. The molecule has 0 unspecified atom stereocenters. The minimum atomic E-state index is -5.00. The SMILES string of the molecule is CCCCCCCCCCCCCCCCCCOC[C@H](COP(=O)(OC[C@H]1O[C@@](C#N)(c2ccc3c(N)ncnn23)[C@H](O)[C@@H]1O)OC[C@H]1O[C@@](C#N)(c2ccc3c(N)ncnn23)[C@H](O)[C@@H]1O)OCc1ccc(F)c(C#N)c1. The third kappa shape index (κ3) is 14.2. The number of phosphoric ester groups is 1. The van der Waals surface area contributed by atoms with Crippen molar-refractivity contribution in [3.05, 3.63) is 83.5 Å². The van der Waals surface area contributed by atoms with Gasteiger partial charge < -0.3 is 50.8 Å². The number of nitrogens with zero attached hydrogens (tertiary/aromatic N) is 9. The summed E-state index contributed by atoms with van der Waals surface area (Å²) >= 11 is 0. The highest BCUT2D eigenvalue weighted by atomic mass is 31.2. The molecule has 2 fully saturated rings. The van der Waals surface area contributed by atoms with Gasteiger partial charge in [-0.15, -0.1) is 0 Å². The lowest BCUT2D eigenvalue weighted by Gasteiger charge is -2.26. The number of nitrogens with two attached hydrogens (primary N) is 2. The Morgan fingerprint density at radius 3 is 1.63 bits per heavy atom. The van der Waals surface area contributed by atoms with Gasteiger partial charge in [-0.3, -0.25) is 13.6 Å². The number of halogens is 1. The van der Waals surface area contributed by atoms with Gasteiger partial charge in [0.15, 0.2) is 11.6 Å². The number of aromatic nitrogens is 6. The van der Waals surface area contributed by atoms with Crippen LogP contribution in [-0.4, -0.2) is 125 Å². The molecule has 422 valence electrons. The molecular weight excluding hydrogens is 1030 g/mol. The number of rotatable bonds is 33. The van der Waals surface area contributed by atoms with E-state index in [-0.39, 0.29) is 52.8 Å². The second-order valence-electron chi connectivity index (χ2n) is 19.8. The fourth-order valence-corrected chi connectivity index (χ4v) is 11.0. The van der Waals surface area contributed by atoms with Gasteiger partial charge in [-0.05, 0) is 48.4 Å². The number of aliphatic hydroxyl groups is 4. The Labute approximate surface area is 452 Å². The van der Waals surface area contributed by atoms with Gasteiger partial charge in [0.05, 0.1) is 50.0 Å². The molecule has 78 heavy (non-hydrogen) atoms. The Hall–Kier alpha value is -5.75. The highest BCUT2D eigenvalue weighted by molar-refractivity contribution is 7.48. The molecule has 0 aliphatic carbocycles. The van der Waals surface area contributed by atoms with Crippen molar-refractivity contribution in [2.24, 2.45) is 0 Å². The van der Waals surface area contributed by atoms with Crippen LogP contribution in [0.2, 0.25) is 0 Å². The number of anilines is 2. The summed E-state index contributed by atoms with van der Waals surface area (Å²) in [5, 5.41) is 84.3. The van der Waals surface area contributed by atoms with Crippen molar-refractivity contribution >= 4 is 30.5 Å². The Morgan fingerprint density at radius 2 is 1.17 bits per heavy atom. The first kappa shape index (κ1) is 59.9. The van der Waals surface area contributed by atoms with Crippen LogP contribution in [0, 0.1) is 39.8 Å². The van der Waals surface area contributed by atoms with Crippen LogP contribution in [0.15, 0.2) is 55.1 Å². The van der Waals surface area contributed by atoms with E-state index in [0.29, 0.717) is 12.2 Å². The van der Waals surface area contributed by atoms with Crippen LogP contribution in [0.25, 0.3) is 11.0 Å². The predicted octanol–water partition coefficient (Wildman–Crippen LogP) is 6.35. The molecule has 2 aliphatic heterocycles. The summed E-state index contributed by atoms with van der Waals surface area (Å²) in [4.78, 5) is 7.89. The fourth-order valence-electron chi connectivity index (χ4n) is 9.79. The molecule has 25 heteroatoms. The minimum absolute atomic E-state index is 0.0155. The predicted molar refractivity (Wildman–Crippen MR) is 279 cm³/mol. The molecule has 6 heterocycles. The molecule has 4 aromatic heterocycles. The number of hydrogen-bond acceptors (Lipinski definition) is 21. The lowest BCUT2D eigenvalue weighted by molar-refractivity contribution is -0.0802. The smallest absolute Gasteiger partial charge is 0.387 e. The topological polar surface area (TPSA) is 346 Å². The average Bonchev–Trinajstić information content (AvgIpc) is 4.42. The molecule has 2 saturated heterocycles. The second kappa shape index (κ2) is 28.4. The fraction of sp³-hybridized carbons (Fsp3) is 0.604. The van der Waals surface area contributed by atoms with E-state index >= 15 is 0 Å². The Morgan fingerprint density at radius 1 is 0.692 bits per heavy atom. The van der Waals surface area contributed by atoms with Crippen LogP contribution in [-0.2, 0) is 54.9 Å². The van der Waals surface area contributed by atoms with Crippen molar-refractivity contribution in [2.45, 2.75) is 170 Å². The number of phosphoric acid groups is 1. The van der Waals surface area contributed by atoms with E-state index in [1.807, 2.05) is 12.1 Å². The third-order valence-electron chi connectivity index (χ3n) is 14.3. The van der Waals surface area contributed by atoms with Crippen LogP contribution in [0.5, 0.6) is 0 Å². The summed E-state index contributed by atoms with van der Waals surface area (Å²) in [7, 11) is -5.00. The average molecular weight is 1100 g/mol. The van der Waals surface area contributed by atoms with E-state index in [0.717, 1.165) is 44.4 Å². The maximum atomic E-state index is 14.9. The number of hydrogen-bond donors (Lipinski definition) is 6. The number of aliphatic hydroxyl groups excluding tert-OH is 4. The number of benzene rings is 1. The van der Waals surface area contributed by atoms with Gasteiger partial charge in [-0.25, -0.2) is 28.0 Å². The summed E-state index contributed by atoms with van der Waals surface area (Å²) in [6.07, 6.45) is 9.92. The molecule has 8 N–H and O–H groups in total. The first-order chi connectivity index (χ1) is 37.7. The molecule has 5 aromatic rings. The van der Waals surface area contributed by atoms with Gasteiger partial charge in [-0.2, -0.15) is 26.0 Å². The zero-order valence-electron chi connectivity index (χ0n) is 43.9. The van der Waals surface area contributed by atoms with Gasteiger partial charge in [0.25, 0.3) is 0 Å². The first-order valence-corrected chi connectivity index (χ1v) is 28.2. The van der Waals surface area contributed by atoms with Gasteiger partial charge in [0.1, 0.15) is 90.4 Å². The van der Waals surface area contributed by atoms with E-state index in [2.05, 4.69) is 27.1 Å². The highest BCUT2D eigenvalue weighted by Gasteiger charge is 2.59. The number of nitriles is 3. The van der Waals surface area contributed by atoms with Crippen LogP contribution < -0.4 is 11.5 Å². The highest BCUT2D eigenvalue weighted by Crippen LogP contribution is 2.52. The van der Waals surface area contributed by atoms with E-state index in [1.165, 1.54) is 122 Å². The quantitative estimate of drug-likeness (QED) is 0.0197. The number of nitrogen functional groups attached to an aromatic ring is 2. The molecular formula is C53H71FN11O12P. The van der Waals surface area contributed by atoms with Gasteiger partial charge in [-0.1, -0.05) is 109 Å². The van der Waals surface area contributed by atoms with Gasteiger partial charge >= 0.3 is 7.82 Å². The van der Waals surface area contributed by atoms with Crippen molar-refractivity contribution in [3.63, 3.8) is 0 Å². The van der Waals surface area contributed by atoms with Crippen molar-refractivity contribution in [1.29, 1.82) is 15.8 Å². The molecule has 9 atom stereocenters. The summed E-state index contributed by atoms with van der Waals surface area (Å²) in [6.45, 7) is 0.0689. The van der Waals surface area contributed by atoms with Crippen LogP contribution >= 0.6 is 7.82 Å². The second-order valence-corrected chi connectivity index (χ2v) is 21.4. The summed E-state index contributed by atoms with van der Waals surface area (Å²) in [6, 6.07) is 15.3. The molecule has 1 aromatic carbocycles. The molecule has 0 spiro atoms. The van der Waals surface area contributed by atoms with Crippen molar-refractivity contribution in [2.75, 3.05) is 44.5 Å². The molecule has 0 bridgehead atoms. The lowest BCUT2D eigenvalue weighted by Crippen LogP contribution is -2.41. The zero-order chi connectivity index (χ0) is 55.7. The molecule has 0 radical (unpaired) electrons. The normalized spacial score (nSPS) is 23.7. The van der Waals surface area contributed by atoms with Crippen molar-refractivity contribution in [1.82, 2.24) is 29.2 Å². The third-order valence-corrected chi connectivity index (χ3v) is 15.7. The molecule has 23 nitrogen and oxygen atoms in total. The molecule has 0 amide bonds. The largest absolute Gasteiger partial charge is 0.475 e. The number of ether oxygens (including phenoxy) is 4. The molecule has 7 rings (SSSR count). The molecule has 0 saturated carbocycles. The summed E-state index contributed by atoms with van der Waals surface area (Å²) < 4.78 is 73.5. The monoisotopic (exact) mass is 1100 g/mol. The van der Waals surface area contributed by atoms with Crippen molar-refractivity contribution in [3.8, 4) is 18.2 Å². The standard InChI is InChI=1S/C53H71FN11O12P/c1-2-3-4-5-6-7-8-9-10-11-12-13-14-15-16-17-24-71-28-38(72-27-36-18-19-39(54)37(25-36)26-55)29-73-78(70,74-30-42-46(66)48(68)52(32-56,76-42)44-22-20-40-50(58)60-34-62-64(40)44)75-31-43-47(67)49(69)53(33-57,77-43)45-23-21-41-51(59)61-35-63-65(41)45/h18-23,25,34-35,38,42-43,46-49,66-69H,2-17,24,27-31H2,1H3,(H2,58,60,62)(H2,59,61,63)/t38-,42-,43-,46-,47-,48-,49-,52+,53+/m1/s1. The lowest BCUT2D eigenvalue weighted by atomic mass is 9.92. The van der Waals surface area contributed by atoms with E-state index in [1.54, 1.807) is 6.07 Å². The summed E-state index contributed by atoms with van der Waals surface area (Å²) in [5.74, 6) is -0.603.